The Morgan fingerprint density at radius 1 is 1.43 bits per heavy atom. The van der Waals surface area contributed by atoms with Gasteiger partial charge in [-0.15, -0.1) is 11.3 Å². The van der Waals surface area contributed by atoms with Crippen LogP contribution in [0.25, 0.3) is 0 Å². The van der Waals surface area contributed by atoms with Crippen molar-refractivity contribution in [2.45, 2.75) is 10.8 Å². The zero-order valence-corrected chi connectivity index (χ0v) is 12.6. The molecule has 2 rings (SSSR count). The Morgan fingerprint density at radius 2 is 2.14 bits per heavy atom. The van der Waals surface area contributed by atoms with Crippen LogP contribution in [-0.4, -0.2) is 31.6 Å². The van der Waals surface area contributed by atoms with Gasteiger partial charge in [-0.05, 0) is 6.07 Å². The maximum atomic E-state index is 12.3. The van der Waals surface area contributed by atoms with Gasteiger partial charge in [0.25, 0.3) is 10.0 Å². The molecule has 7 nitrogen and oxygen atoms in total. The Bertz CT molecular complexity index is 755. The second-order valence-electron chi connectivity index (χ2n) is 3.90. The minimum absolute atomic E-state index is 0.234. The first kappa shape index (κ1) is 15.4. The molecule has 0 amide bonds. The van der Waals surface area contributed by atoms with E-state index in [2.05, 4.69) is 14.4 Å². The highest BCUT2D eigenvalue weighted by Crippen LogP contribution is 2.25. The molecule has 0 aliphatic rings. The third-order valence-electron chi connectivity index (χ3n) is 2.59. The molecule has 9 heteroatoms. The minimum atomic E-state index is -3.99. The average molecular weight is 328 g/mol. The second kappa shape index (κ2) is 6.20. The standard InChI is InChI=1S/C12H12N2O5S2/c1-19-11(16)10-12(20-7-13-10)21(17,18)14-9-5-3-2-4-8(9)6-15/h2-5,7,14-15H,6H2,1H3. The van der Waals surface area contributed by atoms with Crippen LogP contribution in [-0.2, 0) is 21.4 Å². The number of esters is 1. The zero-order chi connectivity index (χ0) is 15.5. The van der Waals surface area contributed by atoms with Gasteiger partial charge in [-0.25, -0.2) is 18.2 Å². The molecule has 0 atom stereocenters. The van der Waals surface area contributed by atoms with Gasteiger partial charge in [-0.3, -0.25) is 4.72 Å². The van der Waals surface area contributed by atoms with Gasteiger partial charge in [0.1, 0.15) is 0 Å². The summed E-state index contributed by atoms with van der Waals surface area (Å²) in [5.41, 5.74) is 1.64. The molecule has 112 valence electrons. The molecular weight excluding hydrogens is 316 g/mol. The summed E-state index contributed by atoms with van der Waals surface area (Å²) in [6, 6.07) is 6.41. The van der Waals surface area contributed by atoms with Crippen molar-refractivity contribution in [3.63, 3.8) is 0 Å². The number of hydrogen-bond acceptors (Lipinski definition) is 7. The number of aromatic nitrogens is 1. The van der Waals surface area contributed by atoms with Crippen LogP contribution in [0, 0.1) is 0 Å². The van der Waals surface area contributed by atoms with Crippen LogP contribution < -0.4 is 4.72 Å². The Kier molecular flexibility index (Phi) is 4.56. The number of nitrogens with zero attached hydrogens (tertiary/aromatic N) is 1. The predicted octanol–water partition coefficient (Wildman–Crippen LogP) is 1.22. The second-order valence-corrected chi connectivity index (χ2v) is 6.63. The molecule has 1 heterocycles. The largest absolute Gasteiger partial charge is 0.464 e. The number of methoxy groups -OCH3 is 1. The molecule has 1 aromatic carbocycles. The first-order valence-corrected chi connectivity index (χ1v) is 8.09. The fourth-order valence-corrected chi connectivity index (χ4v) is 3.84. The molecule has 0 aliphatic carbocycles. The monoisotopic (exact) mass is 328 g/mol. The van der Waals surface area contributed by atoms with Crippen LogP contribution in [0.5, 0.6) is 0 Å². The van der Waals surface area contributed by atoms with E-state index < -0.39 is 16.0 Å². The molecular formula is C12H12N2O5S2. The van der Waals surface area contributed by atoms with Crippen LogP contribution >= 0.6 is 11.3 Å². The van der Waals surface area contributed by atoms with E-state index in [0.29, 0.717) is 5.56 Å². The Labute approximate surface area is 125 Å². The van der Waals surface area contributed by atoms with Crippen molar-refractivity contribution in [2.75, 3.05) is 11.8 Å². The van der Waals surface area contributed by atoms with Gasteiger partial charge in [0.2, 0.25) is 0 Å². The van der Waals surface area contributed by atoms with Gasteiger partial charge in [0, 0.05) is 5.56 Å². The molecule has 0 spiro atoms. The molecule has 0 saturated heterocycles. The summed E-state index contributed by atoms with van der Waals surface area (Å²) in [7, 11) is -2.85. The van der Waals surface area contributed by atoms with Gasteiger partial charge < -0.3 is 9.84 Å². The smallest absolute Gasteiger partial charge is 0.358 e. The fraction of sp³-hybridized carbons (Fsp3) is 0.167. The molecule has 2 aromatic rings. The summed E-state index contributed by atoms with van der Waals surface area (Å²) in [5, 5.41) is 9.21. The van der Waals surface area contributed by atoms with Crippen molar-refractivity contribution in [3.8, 4) is 0 Å². The van der Waals surface area contributed by atoms with Crippen molar-refractivity contribution < 1.29 is 23.1 Å². The number of para-hydroxylation sites is 1. The zero-order valence-electron chi connectivity index (χ0n) is 10.9. The van der Waals surface area contributed by atoms with Gasteiger partial charge in [-0.2, -0.15) is 0 Å². The average Bonchev–Trinajstić information content (AvgIpc) is 2.97. The highest BCUT2D eigenvalue weighted by atomic mass is 32.2. The van der Waals surface area contributed by atoms with Gasteiger partial charge in [0.05, 0.1) is 24.9 Å². The van der Waals surface area contributed by atoms with E-state index in [-0.39, 0.29) is 22.2 Å². The first-order valence-electron chi connectivity index (χ1n) is 5.73. The highest BCUT2D eigenvalue weighted by Gasteiger charge is 2.27. The summed E-state index contributed by atoms with van der Waals surface area (Å²) < 4.78 is 31.3. The predicted molar refractivity (Wildman–Crippen MR) is 76.6 cm³/mol. The van der Waals surface area contributed by atoms with Crippen LogP contribution in [0.4, 0.5) is 5.69 Å². The number of aliphatic hydroxyl groups excluding tert-OH is 1. The summed E-state index contributed by atoms with van der Waals surface area (Å²) in [5.74, 6) is -0.827. The van der Waals surface area contributed by atoms with E-state index >= 15 is 0 Å². The molecule has 0 bridgehead atoms. The van der Waals surface area contributed by atoms with Gasteiger partial charge in [-0.1, -0.05) is 18.2 Å². The topological polar surface area (TPSA) is 106 Å². The number of sulfonamides is 1. The molecule has 0 unspecified atom stereocenters. The molecule has 2 N–H and O–H groups in total. The molecule has 1 aromatic heterocycles. The van der Waals surface area contributed by atoms with Crippen molar-refractivity contribution in [1.29, 1.82) is 0 Å². The van der Waals surface area contributed by atoms with E-state index in [1.54, 1.807) is 18.2 Å². The maximum Gasteiger partial charge on any atom is 0.358 e. The van der Waals surface area contributed by atoms with E-state index in [1.165, 1.54) is 11.6 Å². The number of nitrogens with one attached hydrogen (secondary N) is 1. The number of ether oxygens (including phenoxy) is 1. The molecule has 0 radical (unpaired) electrons. The quantitative estimate of drug-likeness (QED) is 0.800. The van der Waals surface area contributed by atoms with Crippen molar-refractivity contribution >= 4 is 33.0 Å². The van der Waals surface area contributed by atoms with Crippen LogP contribution in [0.3, 0.4) is 0 Å². The molecule has 21 heavy (non-hydrogen) atoms. The number of carbonyl (C=O) groups is 1. The number of carbonyl (C=O) groups excluding carboxylic acids is 1. The normalized spacial score (nSPS) is 11.1. The first-order chi connectivity index (χ1) is 9.99. The number of anilines is 1. The molecule has 0 saturated carbocycles. The Morgan fingerprint density at radius 3 is 2.81 bits per heavy atom. The number of hydrogen-bond donors (Lipinski definition) is 2. The summed E-state index contributed by atoms with van der Waals surface area (Å²) >= 11 is 0.808. The van der Waals surface area contributed by atoms with Crippen molar-refractivity contribution in [3.05, 3.63) is 41.0 Å². The lowest BCUT2D eigenvalue weighted by atomic mass is 10.2. The Balaban J connectivity index is 2.40. The van der Waals surface area contributed by atoms with Crippen LogP contribution in [0.1, 0.15) is 16.1 Å². The van der Waals surface area contributed by atoms with E-state index in [1.807, 2.05) is 0 Å². The van der Waals surface area contributed by atoms with Gasteiger partial charge >= 0.3 is 5.97 Å². The van der Waals surface area contributed by atoms with E-state index in [9.17, 15) is 18.3 Å². The number of aliphatic hydroxyl groups is 1. The summed E-state index contributed by atoms with van der Waals surface area (Å²) in [6.07, 6.45) is 0. The van der Waals surface area contributed by atoms with E-state index in [0.717, 1.165) is 18.4 Å². The van der Waals surface area contributed by atoms with Crippen LogP contribution in [0.2, 0.25) is 0 Å². The van der Waals surface area contributed by atoms with Crippen molar-refractivity contribution in [2.24, 2.45) is 0 Å². The minimum Gasteiger partial charge on any atom is -0.464 e. The van der Waals surface area contributed by atoms with Crippen molar-refractivity contribution in [1.82, 2.24) is 4.98 Å². The number of rotatable bonds is 5. The SMILES string of the molecule is COC(=O)c1ncsc1S(=O)(=O)Nc1ccccc1CO. The van der Waals surface area contributed by atoms with Crippen LogP contribution in [0.15, 0.2) is 34.0 Å². The number of benzene rings is 1. The molecule has 0 fully saturated rings. The fourth-order valence-electron chi connectivity index (χ4n) is 1.61. The summed E-state index contributed by atoms with van der Waals surface area (Å²) in [6.45, 7) is -0.314. The maximum absolute atomic E-state index is 12.3. The lowest BCUT2D eigenvalue weighted by molar-refractivity contribution is 0.0590. The third-order valence-corrected chi connectivity index (χ3v) is 5.33. The lowest BCUT2D eigenvalue weighted by Crippen LogP contribution is -2.17. The lowest BCUT2D eigenvalue weighted by Gasteiger charge is -2.10. The highest BCUT2D eigenvalue weighted by molar-refractivity contribution is 7.94. The summed E-state index contributed by atoms with van der Waals surface area (Å²) in [4.78, 5) is 15.2. The van der Waals surface area contributed by atoms with E-state index in [4.69, 9.17) is 0 Å². The van der Waals surface area contributed by atoms with Gasteiger partial charge in [0.15, 0.2) is 9.90 Å². The number of thiazole rings is 1. The Hall–Kier alpha value is -1.97. The molecule has 0 aliphatic heterocycles. The third kappa shape index (κ3) is 3.20.